The molecule has 0 amide bonds. The van der Waals surface area contributed by atoms with Crippen molar-refractivity contribution in [1.82, 2.24) is 9.55 Å². The van der Waals surface area contributed by atoms with Crippen molar-refractivity contribution in [2.75, 3.05) is 6.61 Å². The average Bonchev–Trinajstić information content (AvgIpc) is 3.29. The smallest absolute Gasteiger partial charge is 0.330 e. The summed E-state index contributed by atoms with van der Waals surface area (Å²) >= 11 is 0. The van der Waals surface area contributed by atoms with E-state index in [9.17, 15) is 29.9 Å². The Hall–Kier alpha value is -4.08. The van der Waals surface area contributed by atoms with E-state index in [1.54, 1.807) is 12.1 Å². The molecule has 1 aromatic heterocycles. The second kappa shape index (κ2) is 12.0. The highest BCUT2D eigenvalue weighted by molar-refractivity contribution is 5.52. The second-order valence-electron chi connectivity index (χ2n) is 10.6. The highest BCUT2D eigenvalue weighted by Gasteiger charge is 2.36. The van der Waals surface area contributed by atoms with Gasteiger partial charge >= 0.3 is 5.69 Å². The summed E-state index contributed by atoms with van der Waals surface area (Å²) in [7, 11) is 0. The zero-order chi connectivity index (χ0) is 29.0. The van der Waals surface area contributed by atoms with Crippen molar-refractivity contribution < 1.29 is 24.6 Å². The minimum Gasteiger partial charge on any atom is -0.394 e. The van der Waals surface area contributed by atoms with E-state index in [1.807, 2.05) is 51.1 Å². The molecule has 0 aliphatic carbocycles. The molecule has 1 unspecified atom stereocenters. The standard InChI is InChI=1S/C29H31N3O8/c1-29(2,3)26(21-12-11-19(13-22(21)32(37)38)10-9-18-7-5-4-6-8-18)39-17-20-15-31(28(36)30-27(20)35)25-14-23(34)24(16-33)40-25/h4-8,11-13,15,23-26,33-34H,14,16-17H2,1-3H3,(H,30,35,36)/t23-,24-,25-,26?/m1/s1. The van der Waals surface area contributed by atoms with Crippen LogP contribution in [0.15, 0.2) is 64.3 Å². The molecule has 1 saturated heterocycles. The van der Waals surface area contributed by atoms with Gasteiger partial charge in [0.25, 0.3) is 11.2 Å². The minimum absolute atomic E-state index is 0.0494. The Morgan fingerprint density at radius 3 is 2.50 bits per heavy atom. The molecule has 1 aliphatic rings. The lowest BCUT2D eigenvalue weighted by Gasteiger charge is -2.31. The molecule has 40 heavy (non-hydrogen) atoms. The lowest BCUT2D eigenvalue weighted by atomic mass is 9.83. The van der Waals surface area contributed by atoms with Crippen molar-refractivity contribution in [3.63, 3.8) is 0 Å². The number of hydrogen-bond donors (Lipinski definition) is 3. The number of aromatic amines is 1. The third-order valence-corrected chi connectivity index (χ3v) is 6.56. The van der Waals surface area contributed by atoms with Crippen molar-refractivity contribution in [3.8, 4) is 11.8 Å². The number of benzene rings is 2. The monoisotopic (exact) mass is 549 g/mol. The van der Waals surface area contributed by atoms with Gasteiger partial charge in [-0.3, -0.25) is 24.5 Å². The first-order valence-electron chi connectivity index (χ1n) is 12.7. The zero-order valence-corrected chi connectivity index (χ0v) is 22.4. The summed E-state index contributed by atoms with van der Waals surface area (Å²) in [4.78, 5) is 38.9. The van der Waals surface area contributed by atoms with Crippen molar-refractivity contribution in [3.05, 3.63) is 108 Å². The number of H-pyrrole nitrogens is 1. The van der Waals surface area contributed by atoms with Crippen molar-refractivity contribution in [2.24, 2.45) is 5.41 Å². The van der Waals surface area contributed by atoms with Crippen LogP contribution in [-0.4, -0.2) is 43.5 Å². The molecule has 0 spiro atoms. The van der Waals surface area contributed by atoms with Crippen molar-refractivity contribution >= 4 is 5.69 Å². The van der Waals surface area contributed by atoms with Gasteiger partial charge in [0, 0.05) is 29.8 Å². The molecular formula is C29H31N3O8. The van der Waals surface area contributed by atoms with E-state index in [2.05, 4.69) is 16.8 Å². The highest BCUT2D eigenvalue weighted by atomic mass is 16.6. The Bertz CT molecular complexity index is 1550. The summed E-state index contributed by atoms with van der Waals surface area (Å²) in [5, 5.41) is 31.5. The molecule has 0 bridgehead atoms. The number of aromatic nitrogens is 2. The first-order valence-corrected chi connectivity index (χ1v) is 12.7. The van der Waals surface area contributed by atoms with Gasteiger partial charge in [-0.2, -0.15) is 0 Å². The third-order valence-electron chi connectivity index (χ3n) is 6.56. The van der Waals surface area contributed by atoms with Gasteiger partial charge < -0.3 is 19.7 Å². The fraction of sp³-hybridized carbons (Fsp3) is 0.379. The fourth-order valence-corrected chi connectivity index (χ4v) is 4.54. The molecule has 4 rings (SSSR count). The first-order chi connectivity index (χ1) is 19.0. The topological polar surface area (TPSA) is 157 Å². The van der Waals surface area contributed by atoms with Crippen LogP contribution in [0.25, 0.3) is 0 Å². The Balaban J connectivity index is 1.63. The maximum Gasteiger partial charge on any atom is 0.330 e. The number of nitrogens with zero attached hydrogens (tertiary/aromatic N) is 2. The molecule has 2 aromatic carbocycles. The lowest BCUT2D eigenvalue weighted by Crippen LogP contribution is -2.35. The van der Waals surface area contributed by atoms with Crippen LogP contribution in [0.1, 0.15) is 61.8 Å². The van der Waals surface area contributed by atoms with Crippen LogP contribution in [0.5, 0.6) is 0 Å². The molecule has 3 N–H and O–H groups in total. The van der Waals surface area contributed by atoms with E-state index >= 15 is 0 Å². The van der Waals surface area contributed by atoms with Crippen molar-refractivity contribution in [2.45, 2.75) is 58.3 Å². The largest absolute Gasteiger partial charge is 0.394 e. The number of nitrogens with one attached hydrogen (secondary N) is 1. The Morgan fingerprint density at radius 1 is 1.18 bits per heavy atom. The van der Waals surface area contributed by atoms with Crippen LogP contribution in [0.4, 0.5) is 5.69 Å². The van der Waals surface area contributed by atoms with E-state index in [4.69, 9.17) is 9.47 Å². The van der Waals surface area contributed by atoms with Gasteiger partial charge in [-0.05, 0) is 29.7 Å². The Kier molecular flexibility index (Phi) is 8.66. The average molecular weight is 550 g/mol. The summed E-state index contributed by atoms with van der Waals surface area (Å²) in [6, 6.07) is 14.0. The van der Waals surface area contributed by atoms with Crippen molar-refractivity contribution in [1.29, 1.82) is 0 Å². The highest BCUT2D eigenvalue weighted by Crippen LogP contribution is 2.41. The summed E-state index contributed by atoms with van der Waals surface area (Å²) in [5.74, 6) is 5.95. The molecule has 4 atom stereocenters. The van der Waals surface area contributed by atoms with Gasteiger partial charge in [0.05, 0.1) is 41.5 Å². The van der Waals surface area contributed by atoms with Crippen LogP contribution >= 0.6 is 0 Å². The molecule has 11 nitrogen and oxygen atoms in total. The van der Waals surface area contributed by atoms with E-state index in [1.165, 1.54) is 12.3 Å². The SMILES string of the molecule is CC(C)(C)C(OCc1cn([C@H]2C[C@@H](O)[C@@H](CO)O2)c(=O)[nH]c1=O)c1ccc(C#Cc2ccccc2)cc1[N+](=O)[O-]. The van der Waals surface area contributed by atoms with Crippen LogP contribution in [0.2, 0.25) is 0 Å². The maximum atomic E-state index is 12.6. The van der Waals surface area contributed by atoms with E-state index in [-0.39, 0.29) is 24.3 Å². The number of nitro benzene ring substituents is 1. The summed E-state index contributed by atoms with van der Waals surface area (Å²) in [5.41, 5.74) is -0.533. The minimum atomic E-state index is -0.972. The molecule has 210 valence electrons. The quantitative estimate of drug-likeness (QED) is 0.231. The van der Waals surface area contributed by atoms with E-state index in [0.29, 0.717) is 11.1 Å². The molecule has 1 aliphatic heterocycles. The Morgan fingerprint density at radius 2 is 1.88 bits per heavy atom. The van der Waals surface area contributed by atoms with Crippen LogP contribution < -0.4 is 11.2 Å². The van der Waals surface area contributed by atoms with Gasteiger partial charge in [0.1, 0.15) is 12.3 Å². The third kappa shape index (κ3) is 6.55. The fourth-order valence-electron chi connectivity index (χ4n) is 4.54. The predicted octanol–water partition coefficient (Wildman–Crippen LogP) is 2.79. The van der Waals surface area contributed by atoms with Gasteiger partial charge in [0.2, 0.25) is 0 Å². The number of aliphatic hydroxyl groups is 2. The first kappa shape index (κ1) is 28.9. The zero-order valence-electron chi connectivity index (χ0n) is 22.4. The molecule has 0 saturated carbocycles. The molecule has 11 heteroatoms. The van der Waals surface area contributed by atoms with E-state index < -0.39 is 52.7 Å². The summed E-state index contributed by atoms with van der Waals surface area (Å²) in [6.45, 7) is 4.90. The molecule has 2 heterocycles. The number of nitro groups is 1. The molecular weight excluding hydrogens is 518 g/mol. The number of rotatable bonds is 7. The molecule has 3 aromatic rings. The number of aliphatic hydroxyl groups excluding tert-OH is 2. The summed E-state index contributed by atoms with van der Waals surface area (Å²) < 4.78 is 12.8. The molecule has 1 fully saturated rings. The van der Waals surface area contributed by atoms with Crippen LogP contribution in [-0.2, 0) is 16.1 Å². The summed E-state index contributed by atoms with van der Waals surface area (Å²) in [6.07, 6.45) is -2.18. The van der Waals surface area contributed by atoms with Gasteiger partial charge in [-0.25, -0.2) is 4.79 Å². The lowest BCUT2D eigenvalue weighted by molar-refractivity contribution is -0.386. The predicted molar refractivity (Wildman–Crippen MR) is 145 cm³/mol. The van der Waals surface area contributed by atoms with Crippen LogP contribution in [0.3, 0.4) is 0 Å². The van der Waals surface area contributed by atoms with Crippen LogP contribution in [0, 0.1) is 27.4 Å². The molecule has 0 radical (unpaired) electrons. The number of ether oxygens (including phenoxy) is 2. The van der Waals surface area contributed by atoms with Gasteiger partial charge in [0.15, 0.2) is 0 Å². The van der Waals surface area contributed by atoms with Gasteiger partial charge in [-0.1, -0.05) is 50.8 Å². The second-order valence-corrected chi connectivity index (χ2v) is 10.6. The van der Waals surface area contributed by atoms with E-state index in [0.717, 1.165) is 10.1 Å². The maximum absolute atomic E-state index is 12.6. The Labute approximate surface area is 230 Å². The normalized spacial score (nSPS) is 19.6. The number of hydrogen-bond acceptors (Lipinski definition) is 8. The van der Waals surface area contributed by atoms with Gasteiger partial charge in [-0.15, -0.1) is 0 Å².